The van der Waals surface area contributed by atoms with E-state index in [1.54, 1.807) is 0 Å². The highest BCUT2D eigenvalue weighted by molar-refractivity contribution is 5.34. The van der Waals surface area contributed by atoms with Gasteiger partial charge >= 0.3 is 0 Å². The molecule has 3 atom stereocenters. The number of aryl methyl sites for hydroxylation is 1. The highest BCUT2D eigenvalue weighted by Crippen LogP contribution is 2.35. The third-order valence-electron chi connectivity index (χ3n) is 5.86. The van der Waals surface area contributed by atoms with Gasteiger partial charge in [0.2, 0.25) is 5.89 Å². The Hall–Kier alpha value is -2.66. The molecule has 5 nitrogen and oxygen atoms in total. The third-order valence-corrected chi connectivity index (χ3v) is 5.86. The number of ether oxygens (including phenoxy) is 1. The van der Waals surface area contributed by atoms with Gasteiger partial charge in [-0.3, -0.25) is 0 Å². The van der Waals surface area contributed by atoms with Crippen LogP contribution in [0.4, 0.5) is 0 Å². The van der Waals surface area contributed by atoms with Gasteiger partial charge < -0.3 is 14.6 Å². The molecule has 1 N–H and O–H groups in total. The zero-order chi connectivity index (χ0) is 20.8. The predicted octanol–water partition coefficient (Wildman–Crippen LogP) is 6.19. The Balaban J connectivity index is 1.37. The van der Waals surface area contributed by atoms with Crippen molar-refractivity contribution in [3.63, 3.8) is 0 Å². The first-order valence-corrected chi connectivity index (χ1v) is 11.2. The number of para-hydroxylation sites is 1. The summed E-state index contributed by atoms with van der Waals surface area (Å²) in [7, 11) is 0. The Morgan fingerprint density at radius 1 is 1.03 bits per heavy atom. The van der Waals surface area contributed by atoms with Gasteiger partial charge in [0.25, 0.3) is 0 Å². The van der Waals surface area contributed by atoms with Crippen LogP contribution < -0.4 is 10.1 Å². The maximum Gasteiger partial charge on any atom is 0.229 e. The van der Waals surface area contributed by atoms with E-state index in [4.69, 9.17) is 9.26 Å². The van der Waals surface area contributed by atoms with Gasteiger partial charge in [0.15, 0.2) is 5.82 Å². The van der Waals surface area contributed by atoms with Gasteiger partial charge in [-0.25, -0.2) is 0 Å². The molecule has 1 aliphatic rings. The van der Waals surface area contributed by atoms with E-state index in [9.17, 15) is 0 Å². The van der Waals surface area contributed by atoms with Gasteiger partial charge in [-0.05, 0) is 55.5 Å². The second-order valence-corrected chi connectivity index (χ2v) is 8.10. The minimum absolute atomic E-state index is 0.346. The molecule has 1 aromatic heterocycles. The van der Waals surface area contributed by atoms with Gasteiger partial charge in [-0.15, -0.1) is 0 Å². The van der Waals surface area contributed by atoms with Crippen LogP contribution in [0.15, 0.2) is 59.1 Å². The first-order valence-electron chi connectivity index (χ1n) is 11.2. The molecule has 1 saturated carbocycles. The van der Waals surface area contributed by atoms with E-state index in [2.05, 4.69) is 53.6 Å². The zero-order valence-electron chi connectivity index (χ0n) is 17.9. The fraction of sp³-hybridized carbons (Fsp3) is 0.440. The average Bonchev–Trinajstić information content (AvgIpc) is 3.44. The van der Waals surface area contributed by atoms with Crippen molar-refractivity contribution in [2.24, 2.45) is 0 Å². The maximum atomic E-state index is 5.94. The van der Waals surface area contributed by atoms with Gasteiger partial charge in [0.05, 0.1) is 0 Å². The summed E-state index contributed by atoms with van der Waals surface area (Å²) in [6, 6.07) is 19.2. The van der Waals surface area contributed by atoms with Crippen LogP contribution in [0.3, 0.4) is 0 Å². The van der Waals surface area contributed by atoms with Crippen molar-refractivity contribution in [1.82, 2.24) is 15.5 Å². The second-order valence-electron chi connectivity index (χ2n) is 8.10. The topological polar surface area (TPSA) is 60.2 Å². The van der Waals surface area contributed by atoms with Crippen LogP contribution in [-0.4, -0.2) is 16.2 Å². The Kier molecular flexibility index (Phi) is 6.80. The highest BCUT2D eigenvalue weighted by Gasteiger charge is 2.31. The molecule has 3 aromatic rings. The van der Waals surface area contributed by atoms with Crippen molar-refractivity contribution in [3.05, 3.63) is 71.9 Å². The average molecular weight is 406 g/mol. The fourth-order valence-corrected chi connectivity index (χ4v) is 4.25. The second kappa shape index (κ2) is 9.90. The molecule has 0 amide bonds. The first-order chi connectivity index (χ1) is 14.7. The monoisotopic (exact) mass is 405 g/mol. The lowest BCUT2D eigenvalue weighted by Crippen LogP contribution is -2.31. The molecular weight excluding hydrogens is 374 g/mol. The summed E-state index contributed by atoms with van der Waals surface area (Å²) in [5.74, 6) is 3.72. The van der Waals surface area contributed by atoms with Crippen LogP contribution in [0.25, 0.3) is 0 Å². The van der Waals surface area contributed by atoms with E-state index in [0.717, 1.165) is 61.7 Å². The summed E-state index contributed by atoms with van der Waals surface area (Å²) in [5.41, 5.74) is 1.31. The van der Waals surface area contributed by atoms with Crippen LogP contribution in [0, 0.1) is 0 Å². The smallest absolute Gasteiger partial charge is 0.229 e. The summed E-state index contributed by atoms with van der Waals surface area (Å²) in [5, 5.41) is 7.95. The fourth-order valence-electron chi connectivity index (χ4n) is 4.25. The van der Waals surface area contributed by atoms with E-state index in [0.29, 0.717) is 18.0 Å². The lowest BCUT2D eigenvalue weighted by Gasteiger charge is -2.23. The van der Waals surface area contributed by atoms with E-state index >= 15 is 0 Å². The first kappa shape index (κ1) is 20.6. The number of hydrogen-bond donors (Lipinski definition) is 1. The molecule has 1 aliphatic carbocycles. The Bertz CT molecular complexity index is 908. The summed E-state index contributed by atoms with van der Waals surface area (Å²) < 4.78 is 11.4. The van der Waals surface area contributed by atoms with Crippen molar-refractivity contribution >= 4 is 0 Å². The minimum Gasteiger partial charge on any atom is -0.457 e. The van der Waals surface area contributed by atoms with Crippen LogP contribution in [0.5, 0.6) is 11.5 Å². The van der Waals surface area contributed by atoms with Gasteiger partial charge in [0.1, 0.15) is 11.5 Å². The van der Waals surface area contributed by atoms with Crippen LogP contribution in [-0.2, 0) is 6.42 Å². The van der Waals surface area contributed by atoms with Crippen molar-refractivity contribution in [1.29, 1.82) is 0 Å². The normalized spacial score (nSPS) is 19.7. The Labute approximate surface area is 178 Å². The van der Waals surface area contributed by atoms with E-state index in [1.807, 2.05) is 30.3 Å². The lowest BCUT2D eigenvalue weighted by molar-refractivity contribution is 0.345. The predicted molar refractivity (Wildman–Crippen MR) is 118 cm³/mol. The minimum atomic E-state index is 0.346. The molecule has 1 heterocycles. The Morgan fingerprint density at radius 2 is 1.80 bits per heavy atom. The molecule has 30 heavy (non-hydrogen) atoms. The molecule has 1 fully saturated rings. The summed E-state index contributed by atoms with van der Waals surface area (Å²) in [4.78, 5) is 4.54. The zero-order valence-corrected chi connectivity index (χ0v) is 17.9. The largest absolute Gasteiger partial charge is 0.457 e. The van der Waals surface area contributed by atoms with Crippen molar-refractivity contribution in [2.75, 3.05) is 0 Å². The molecule has 0 spiro atoms. The van der Waals surface area contributed by atoms with E-state index in [-0.39, 0.29) is 0 Å². The van der Waals surface area contributed by atoms with Gasteiger partial charge in [0, 0.05) is 24.4 Å². The number of benzene rings is 2. The Morgan fingerprint density at radius 3 is 2.50 bits per heavy atom. The lowest BCUT2D eigenvalue weighted by atomic mass is 10.0. The number of hydrogen-bond acceptors (Lipinski definition) is 5. The molecule has 5 heteroatoms. The standard InChI is InChI=1S/C25H31N3O2/c1-3-8-23(18-12-15-22(16-13-18)29-21-9-6-5-7-10-21)26-20-14-11-19(17-20)25-27-24(4-2)28-30-25/h5-7,9-10,12-13,15-16,19-20,23,26H,3-4,8,11,14,17H2,1-2H3. The molecule has 0 bridgehead atoms. The SMILES string of the molecule is CCCC(NC1CCC(c2nc(CC)no2)C1)c1ccc(Oc2ccccc2)cc1. The molecule has 4 rings (SSSR count). The quantitative estimate of drug-likeness (QED) is 0.460. The third kappa shape index (κ3) is 5.08. The summed E-state index contributed by atoms with van der Waals surface area (Å²) in [6.45, 7) is 4.29. The van der Waals surface area contributed by atoms with Crippen molar-refractivity contribution in [3.8, 4) is 11.5 Å². The molecule has 0 aliphatic heterocycles. The number of nitrogens with one attached hydrogen (secondary N) is 1. The van der Waals surface area contributed by atoms with Gasteiger partial charge in [-0.1, -0.05) is 55.8 Å². The number of aromatic nitrogens is 2. The van der Waals surface area contributed by atoms with Crippen LogP contribution in [0.1, 0.15) is 75.2 Å². The molecule has 0 radical (unpaired) electrons. The van der Waals surface area contributed by atoms with Crippen LogP contribution >= 0.6 is 0 Å². The summed E-state index contributed by atoms with van der Waals surface area (Å²) in [6.07, 6.45) is 6.37. The maximum absolute atomic E-state index is 5.94. The highest BCUT2D eigenvalue weighted by atomic mass is 16.5. The van der Waals surface area contributed by atoms with E-state index < -0.39 is 0 Å². The number of rotatable bonds is 9. The number of nitrogens with zero attached hydrogens (tertiary/aromatic N) is 2. The molecule has 158 valence electrons. The van der Waals surface area contributed by atoms with Gasteiger partial charge in [-0.2, -0.15) is 4.98 Å². The molecule has 2 aromatic carbocycles. The molecule has 0 saturated heterocycles. The molecular formula is C25H31N3O2. The summed E-state index contributed by atoms with van der Waals surface area (Å²) >= 11 is 0. The van der Waals surface area contributed by atoms with Crippen LogP contribution in [0.2, 0.25) is 0 Å². The van der Waals surface area contributed by atoms with Crippen molar-refractivity contribution in [2.45, 2.75) is 70.4 Å². The molecule has 3 unspecified atom stereocenters. The van der Waals surface area contributed by atoms with E-state index in [1.165, 1.54) is 5.56 Å². The van der Waals surface area contributed by atoms with Crippen molar-refractivity contribution < 1.29 is 9.26 Å².